The zero-order valence-electron chi connectivity index (χ0n) is 16.7. The number of hydrogen-bond donors (Lipinski definition) is 3. The van der Waals surface area contributed by atoms with E-state index in [0.29, 0.717) is 46.8 Å². The molecule has 8 nitrogen and oxygen atoms in total. The number of Topliss-reactive ketones (excluding diaryl/α,β-unsaturated/α-hetero) is 1. The van der Waals surface area contributed by atoms with Crippen molar-refractivity contribution in [3.05, 3.63) is 35.4 Å². The van der Waals surface area contributed by atoms with Crippen molar-refractivity contribution in [2.24, 2.45) is 11.8 Å². The third-order valence-corrected chi connectivity index (χ3v) is 5.99. The van der Waals surface area contributed by atoms with Crippen LogP contribution in [0.1, 0.15) is 18.5 Å². The molecule has 2 aromatic rings. The van der Waals surface area contributed by atoms with E-state index >= 15 is 0 Å². The van der Waals surface area contributed by atoms with E-state index in [-0.39, 0.29) is 12.2 Å². The molecule has 0 radical (unpaired) electrons. The van der Waals surface area contributed by atoms with Crippen LogP contribution in [0.3, 0.4) is 0 Å². The number of anilines is 1. The van der Waals surface area contributed by atoms with Crippen molar-refractivity contribution in [3.8, 4) is 11.3 Å². The molecule has 2 fully saturated rings. The minimum absolute atomic E-state index is 0.0359. The van der Waals surface area contributed by atoms with Crippen LogP contribution in [0, 0.1) is 11.8 Å². The Labute approximate surface area is 180 Å². The summed E-state index contributed by atoms with van der Waals surface area (Å²) in [5, 5.41) is 16.8. The van der Waals surface area contributed by atoms with Crippen molar-refractivity contribution in [1.29, 1.82) is 0 Å². The summed E-state index contributed by atoms with van der Waals surface area (Å²) in [5.41, 5.74) is 1.90. The van der Waals surface area contributed by atoms with Crippen LogP contribution in [0.2, 0.25) is 5.02 Å². The molecule has 0 saturated carbocycles. The topological polar surface area (TPSA) is 109 Å². The first-order valence-electron chi connectivity index (χ1n) is 10.3. The van der Waals surface area contributed by atoms with Crippen LogP contribution in [0.15, 0.2) is 24.7 Å². The van der Waals surface area contributed by atoms with Crippen molar-refractivity contribution >= 4 is 23.2 Å². The van der Waals surface area contributed by atoms with Crippen LogP contribution >= 0.6 is 11.6 Å². The molecule has 2 aliphatic heterocycles. The number of hydrogen-bond acceptors (Lipinski definition) is 8. The van der Waals surface area contributed by atoms with Gasteiger partial charge in [-0.25, -0.2) is 4.98 Å². The number of rotatable bonds is 7. The Morgan fingerprint density at radius 2 is 2.10 bits per heavy atom. The van der Waals surface area contributed by atoms with Gasteiger partial charge in [-0.2, -0.15) is 0 Å². The minimum atomic E-state index is -0.645. The van der Waals surface area contributed by atoms with Gasteiger partial charge in [0, 0.05) is 56.7 Å². The standard InChI is InChI=1S/C21H26ClN5O3/c22-17-9-25-14(6-19(28)16-8-23-11-20(16)29)5-15(17)18-10-24-12-21(27-18)26-7-13-1-3-30-4-2-13/h5,9-10,12-13,16,20,23,29H,1-4,6-8,11H2,(H,26,27)/t16-,20-/m1/s1. The predicted octanol–water partition coefficient (Wildman–Crippen LogP) is 1.72. The van der Waals surface area contributed by atoms with Gasteiger partial charge in [0.05, 0.1) is 35.1 Å². The molecule has 4 rings (SSSR count). The summed E-state index contributed by atoms with van der Waals surface area (Å²) >= 11 is 6.37. The predicted molar refractivity (Wildman–Crippen MR) is 113 cm³/mol. The van der Waals surface area contributed by atoms with Gasteiger partial charge in [-0.15, -0.1) is 0 Å². The Bertz CT molecular complexity index is 891. The lowest BCUT2D eigenvalue weighted by Crippen LogP contribution is -2.28. The normalized spacial score (nSPS) is 22.2. The molecule has 2 aromatic heterocycles. The van der Waals surface area contributed by atoms with Gasteiger partial charge in [-0.05, 0) is 24.8 Å². The zero-order valence-corrected chi connectivity index (χ0v) is 17.4. The highest BCUT2D eigenvalue weighted by Gasteiger charge is 2.31. The molecular weight excluding hydrogens is 406 g/mol. The second-order valence-corrected chi connectivity index (χ2v) is 8.26. The lowest BCUT2D eigenvalue weighted by Gasteiger charge is -2.22. The summed E-state index contributed by atoms with van der Waals surface area (Å²) in [6.07, 6.45) is 6.45. The van der Waals surface area contributed by atoms with E-state index in [1.54, 1.807) is 18.5 Å². The Hall–Kier alpha value is -2.13. The molecule has 0 unspecified atom stereocenters. The van der Waals surface area contributed by atoms with Crippen LogP contribution in [0.25, 0.3) is 11.3 Å². The van der Waals surface area contributed by atoms with E-state index in [1.807, 2.05) is 0 Å². The van der Waals surface area contributed by atoms with E-state index in [1.165, 1.54) is 6.20 Å². The first-order valence-corrected chi connectivity index (χ1v) is 10.7. The summed E-state index contributed by atoms with van der Waals surface area (Å²) in [5.74, 6) is 0.811. The van der Waals surface area contributed by atoms with Crippen molar-refractivity contribution in [2.45, 2.75) is 25.4 Å². The van der Waals surface area contributed by atoms with Crippen LogP contribution in [0.4, 0.5) is 5.82 Å². The van der Waals surface area contributed by atoms with Gasteiger partial charge in [-0.3, -0.25) is 14.8 Å². The molecule has 9 heteroatoms. The fraction of sp³-hybridized carbons (Fsp3) is 0.524. The zero-order chi connectivity index (χ0) is 20.9. The molecular formula is C21H26ClN5O3. The van der Waals surface area contributed by atoms with Crippen LogP contribution in [-0.2, 0) is 16.0 Å². The number of nitrogens with zero attached hydrogens (tertiary/aromatic N) is 3. The maximum absolute atomic E-state index is 12.5. The van der Waals surface area contributed by atoms with Crippen molar-refractivity contribution in [2.75, 3.05) is 38.2 Å². The highest BCUT2D eigenvalue weighted by molar-refractivity contribution is 6.33. The maximum atomic E-state index is 12.5. The Morgan fingerprint density at radius 1 is 1.27 bits per heavy atom. The molecule has 0 amide bonds. The van der Waals surface area contributed by atoms with Gasteiger partial charge in [-0.1, -0.05) is 11.6 Å². The molecule has 0 aliphatic carbocycles. The summed E-state index contributed by atoms with van der Waals surface area (Å²) < 4.78 is 5.40. The van der Waals surface area contributed by atoms with Crippen molar-refractivity contribution in [1.82, 2.24) is 20.3 Å². The monoisotopic (exact) mass is 431 g/mol. The van der Waals surface area contributed by atoms with Gasteiger partial charge in [0.1, 0.15) is 11.6 Å². The van der Waals surface area contributed by atoms with Crippen molar-refractivity contribution in [3.63, 3.8) is 0 Å². The number of aliphatic hydroxyl groups is 1. The largest absolute Gasteiger partial charge is 0.391 e. The Kier molecular flexibility index (Phi) is 6.89. The number of aromatic nitrogens is 3. The van der Waals surface area contributed by atoms with E-state index in [2.05, 4.69) is 25.6 Å². The number of halogens is 1. The second-order valence-electron chi connectivity index (χ2n) is 7.86. The third kappa shape index (κ3) is 5.13. The van der Waals surface area contributed by atoms with E-state index in [4.69, 9.17) is 16.3 Å². The number of ether oxygens (including phenoxy) is 1. The number of nitrogens with one attached hydrogen (secondary N) is 2. The number of β-amino-alcohol motifs (C(OH)–C–C–N with tert-alkyl or cyclic N) is 1. The lowest BCUT2D eigenvalue weighted by molar-refractivity contribution is -0.124. The van der Waals surface area contributed by atoms with E-state index in [0.717, 1.165) is 32.6 Å². The van der Waals surface area contributed by atoms with Gasteiger partial charge in [0.2, 0.25) is 0 Å². The summed E-state index contributed by atoms with van der Waals surface area (Å²) in [4.78, 5) is 25.8. The number of ketones is 1. The van der Waals surface area contributed by atoms with Crippen LogP contribution in [-0.4, -0.2) is 64.8 Å². The molecule has 2 aliphatic rings. The Balaban J connectivity index is 1.46. The second kappa shape index (κ2) is 9.78. The van der Waals surface area contributed by atoms with E-state index in [9.17, 15) is 9.90 Å². The first-order chi connectivity index (χ1) is 14.6. The molecule has 4 heterocycles. The molecule has 2 atom stereocenters. The number of carbonyl (C=O) groups is 1. The average molecular weight is 432 g/mol. The quantitative estimate of drug-likeness (QED) is 0.608. The highest BCUT2D eigenvalue weighted by atomic mass is 35.5. The SMILES string of the molecule is O=C(Cc1cc(-c2cncc(NCC3CCOCC3)n2)c(Cl)cn1)[C@H]1CNC[C@H]1O. The summed E-state index contributed by atoms with van der Waals surface area (Å²) in [6.45, 7) is 3.37. The molecule has 0 bridgehead atoms. The minimum Gasteiger partial charge on any atom is -0.391 e. The third-order valence-electron chi connectivity index (χ3n) is 5.69. The molecule has 2 saturated heterocycles. The molecule has 0 spiro atoms. The lowest BCUT2D eigenvalue weighted by atomic mass is 9.96. The van der Waals surface area contributed by atoms with Gasteiger partial charge in [0.15, 0.2) is 0 Å². The molecule has 160 valence electrons. The van der Waals surface area contributed by atoms with Gasteiger partial charge >= 0.3 is 0 Å². The van der Waals surface area contributed by atoms with Crippen LogP contribution < -0.4 is 10.6 Å². The average Bonchev–Trinajstić information content (AvgIpc) is 3.20. The molecule has 0 aromatic carbocycles. The summed E-state index contributed by atoms with van der Waals surface area (Å²) in [7, 11) is 0. The fourth-order valence-corrected chi connectivity index (χ4v) is 4.06. The smallest absolute Gasteiger partial charge is 0.145 e. The number of aliphatic hydroxyl groups excluding tert-OH is 1. The number of pyridine rings is 1. The highest BCUT2D eigenvalue weighted by Crippen LogP contribution is 2.27. The van der Waals surface area contributed by atoms with Crippen LogP contribution in [0.5, 0.6) is 0 Å². The number of carbonyl (C=O) groups excluding carboxylic acids is 1. The fourth-order valence-electron chi connectivity index (χ4n) is 3.86. The first kappa shape index (κ1) is 21.1. The Morgan fingerprint density at radius 3 is 2.87 bits per heavy atom. The van der Waals surface area contributed by atoms with Crippen molar-refractivity contribution < 1.29 is 14.6 Å². The maximum Gasteiger partial charge on any atom is 0.145 e. The molecule has 30 heavy (non-hydrogen) atoms. The van der Waals surface area contributed by atoms with Gasteiger partial charge in [0.25, 0.3) is 0 Å². The molecule has 3 N–H and O–H groups in total. The summed E-state index contributed by atoms with van der Waals surface area (Å²) in [6, 6.07) is 1.78. The van der Waals surface area contributed by atoms with Gasteiger partial charge < -0.3 is 20.5 Å². The van der Waals surface area contributed by atoms with E-state index < -0.39 is 12.0 Å².